The number of rotatable bonds is 3. The summed E-state index contributed by atoms with van der Waals surface area (Å²) in [6.45, 7) is 2.65. The second-order valence-electron chi connectivity index (χ2n) is 5.65. The van der Waals surface area contributed by atoms with Crippen LogP contribution in [0.25, 0.3) is 0 Å². The fourth-order valence-electron chi connectivity index (χ4n) is 2.85. The van der Waals surface area contributed by atoms with Crippen molar-refractivity contribution in [1.82, 2.24) is 10.6 Å². The molecule has 1 amide bonds. The van der Waals surface area contributed by atoms with Gasteiger partial charge in [-0.05, 0) is 25.2 Å². The summed E-state index contributed by atoms with van der Waals surface area (Å²) in [4.78, 5) is 11.8. The quantitative estimate of drug-likeness (QED) is 0.763. The topological polar surface area (TPSA) is 75.3 Å². The number of sulfone groups is 1. The summed E-state index contributed by atoms with van der Waals surface area (Å²) in [5.41, 5.74) is 0. The molecule has 0 bridgehead atoms. The molecule has 0 aromatic heterocycles. The zero-order valence-electron chi connectivity index (χ0n) is 10.8. The van der Waals surface area contributed by atoms with Crippen LogP contribution in [0.4, 0.5) is 0 Å². The van der Waals surface area contributed by atoms with Gasteiger partial charge in [0, 0.05) is 25.0 Å². The van der Waals surface area contributed by atoms with Gasteiger partial charge in [-0.25, -0.2) is 8.42 Å². The van der Waals surface area contributed by atoms with E-state index in [1.807, 2.05) is 0 Å². The van der Waals surface area contributed by atoms with Gasteiger partial charge >= 0.3 is 0 Å². The van der Waals surface area contributed by atoms with Crippen LogP contribution < -0.4 is 10.6 Å². The molecule has 1 aliphatic carbocycles. The fraction of sp³-hybridized carbons (Fsp3) is 0.917. The van der Waals surface area contributed by atoms with Crippen LogP contribution in [-0.4, -0.2) is 44.5 Å². The maximum absolute atomic E-state index is 11.8. The van der Waals surface area contributed by atoms with Crippen LogP contribution in [0.2, 0.25) is 0 Å². The highest BCUT2D eigenvalue weighted by atomic mass is 32.2. The second-order valence-corrected chi connectivity index (χ2v) is 7.88. The molecule has 6 heteroatoms. The SMILES string of the molecule is CC1CCC(NC(=O)CC2CS(=O)(=O)CCN2)C1. The molecule has 3 unspecified atom stereocenters. The normalized spacial score (nSPS) is 35.3. The first-order valence-electron chi connectivity index (χ1n) is 6.68. The van der Waals surface area contributed by atoms with Crippen molar-refractivity contribution in [2.75, 3.05) is 18.1 Å². The van der Waals surface area contributed by atoms with Crippen molar-refractivity contribution in [3.63, 3.8) is 0 Å². The van der Waals surface area contributed by atoms with E-state index in [0.29, 0.717) is 12.5 Å². The molecule has 2 rings (SSSR count). The molecule has 5 nitrogen and oxygen atoms in total. The molecule has 2 N–H and O–H groups in total. The van der Waals surface area contributed by atoms with E-state index < -0.39 is 9.84 Å². The highest BCUT2D eigenvalue weighted by Gasteiger charge is 2.28. The Morgan fingerprint density at radius 3 is 2.78 bits per heavy atom. The minimum Gasteiger partial charge on any atom is -0.353 e. The van der Waals surface area contributed by atoms with Gasteiger partial charge in [-0.3, -0.25) is 4.79 Å². The standard InChI is InChI=1S/C12H22N2O3S/c1-9-2-3-10(6-9)14-12(15)7-11-8-18(16,17)5-4-13-11/h9-11,13H,2-8H2,1H3,(H,14,15). The van der Waals surface area contributed by atoms with Gasteiger partial charge in [-0.1, -0.05) is 6.92 Å². The zero-order valence-corrected chi connectivity index (χ0v) is 11.6. The fourth-order valence-corrected chi connectivity index (χ4v) is 4.29. The average molecular weight is 274 g/mol. The van der Waals surface area contributed by atoms with Crippen molar-refractivity contribution in [1.29, 1.82) is 0 Å². The summed E-state index contributed by atoms with van der Waals surface area (Å²) in [6.07, 6.45) is 3.52. The third kappa shape index (κ3) is 3.95. The van der Waals surface area contributed by atoms with Gasteiger partial charge < -0.3 is 10.6 Å². The molecule has 2 fully saturated rings. The Morgan fingerprint density at radius 2 is 2.17 bits per heavy atom. The third-order valence-corrected chi connectivity index (χ3v) is 5.53. The lowest BCUT2D eigenvalue weighted by Crippen LogP contribution is -2.48. The van der Waals surface area contributed by atoms with E-state index in [-0.39, 0.29) is 35.9 Å². The Kier molecular flexibility index (Phi) is 4.27. The Morgan fingerprint density at radius 1 is 1.39 bits per heavy atom. The molecular formula is C12H22N2O3S. The highest BCUT2D eigenvalue weighted by molar-refractivity contribution is 7.91. The minimum absolute atomic E-state index is 0.0244. The Labute approximate surface area is 109 Å². The van der Waals surface area contributed by atoms with Gasteiger partial charge in [0.2, 0.25) is 5.91 Å². The van der Waals surface area contributed by atoms with E-state index in [2.05, 4.69) is 17.6 Å². The summed E-state index contributed by atoms with van der Waals surface area (Å²) in [5, 5.41) is 6.11. The molecule has 0 spiro atoms. The number of hydrogen-bond donors (Lipinski definition) is 2. The summed E-state index contributed by atoms with van der Waals surface area (Å²) in [5.74, 6) is 0.930. The summed E-state index contributed by atoms with van der Waals surface area (Å²) in [6, 6.07) is 0.0651. The molecule has 3 atom stereocenters. The molecule has 1 saturated carbocycles. The summed E-state index contributed by atoms with van der Waals surface area (Å²) < 4.78 is 22.9. The van der Waals surface area contributed by atoms with E-state index in [9.17, 15) is 13.2 Å². The second kappa shape index (κ2) is 5.57. The maximum Gasteiger partial charge on any atom is 0.221 e. The van der Waals surface area contributed by atoms with Crippen LogP contribution in [0.15, 0.2) is 0 Å². The molecule has 0 aromatic rings. The van der Waals surface area contributed by atoms with Gasteiger partial charge in [0.05, 0.1) is 11.5 Å². The van der Waals surface area contributed by atoms with Gasteiger partial charge in [0.1, 0.15) is 0 Å². The van der Waals surface area contributed by atoms with Gasteiger partial charge in [-0.2, -0.15) is 0 Å². The number of hydrogen-bond acceptors (Lipinski definition) is 4. The lowest BCUT2D eigenvalue weighted by molar-refractivity contribution is -0.122. The van der Waals surface area contributed by atoms with Crippen LogP contribution in [0.1, 0.15) is 32.6 Å². The van der Waals surface area contributed by atoms with Crippen LogP contribution in [0.3, 0.4) is 0 Å². The first-order chi connectivity index (χ1) is 8.44. The molecular weight excluding hydrogens is 252 g/mol. The highest BCUT2D eigenvalue weighted by Crippen LogP contribution is 2.24. The van der Waals surface area contributed by atoms with Crippen LogP contribution in [0.5, 0.6) is 0 Å². The van der Waals surface area contributed by atoms with E-state index in [1.54, 1.807) is 0 Å². The molecule has 0 aromatic carbocycles. The number of amides is 1. The average Bonchev–Trinajstić information content (AvgIpc) is 2.62. The van der Waals surface area contributed by atoms with Crippen molar-refractivity contribution in [2.24, 2.45) is 5.92 Å². The number of carbonyl (C=O) groups is 1. The van der Waals surface area contributed by atoms with Crippen molar-refractivity contribution < 1.29 is 13.2 Å². The summed E-state index contributed by atoms with van der Waals surface area (Å²) >= 11 is 0. The predicted molar refractivity (Wildman–Crippen MR) is 70.0 cm³/mol. The molecule has 2 aliphatic rings. The van der Waals surface area contributed by atoms with E-state index >= 15 is 0 Å². The molecule has 1 heterocycles. The largest absolute Gasteiger partial charge is 0.353 e. The Bertz CT molecular complexity index is 408. The Balaban J connectivity index is 1.77. The first kappa shape index (κ1) is 13.8. The van der Waals surface area contributed by atoms with Crippen LogP contribution >= 0.6 is 0 Å². The van der Waals surface area contributed by atoms with Crippen molar-refractivity contribution in [3.8, 4) is 0 Å². The van der Waals surface area contributed by atoms with Gasteiger partial charge in [-0.15, -0.1) is 0 Å². The third-order valence-electron chi connectivity index (χ3n) is 3.79. The number of nitrogens with one attached hydrogen (secondary N) is 2. The Hall–Kier alpha value is -0.620. The van der Waals surface area contributed by atoms with E-state index in [4.69, 9.17) is 0 Å². The molecule has 1 aliphatic heterocycles. The van der Waals surface area contributed by atoms with Gasteiger partial charge in [0.25, 0.3) is 0 Å². The van der Waals surface area contributed by atoms with E-state index in [1.165, 1.54) is 6.42 Å². The van der Waals surface area contributed by atoms with Crippen molar-refractivity contribution in [2.45, 2.75) is 44.7 Å². The van der Waals surface area contributed by atoms with Crippen molar-refractivity contribution >= 4 is 15.7 Å². The van der Waals surface area contributed by atoms with Crippen LogP contribution in [-0.2, 0) is 14.6 Å². The zero-order chi connectivity index (χ0) is 13.2. The van der Waals surface area contributed by atoms with Crippen LogP contribution in [0, 0.1) is 5.92 Å². The van der Waals surface area contributed by atoms with Crippen molar-refractivity contribution in [3.05, 3.63) is 0 Å². The lowest BCUT2D eigenvalue weighted by Gasteiger charge is -2.23. The van der Waals surface area contributed by atoms with Gasteiger partial charge in [0.15, 0.2) is 9.84 Å². The molecule has 18 heavy (non-hydrogen) atoms. The maximum atomic E-state index is 11.8. The molecule has 1 saturated heterocycles. The lowest BCUT2D eigenvalue weighted by atomic mass is 10.1. The number of carbonyl (C=O) groups excluding carboxylic acids is 1. The first-order valence-corrected chi connectivity index (χ1v) is 8.50. The molecule has 0 radical (unpaired) electrons. The summed E-state index contributed by atoms with van der Waals surface area (Å²) in [7, 11) is -2.96. The van der Waals surface area contributed by atoms with E-state index in [0.717, 1.165) is 12.8 Å². The smallest absolute Gasteiger partial charge is 0.221 e. The monoisotopic (exact) mass is 274 g/mol. The molecule has 104 valence electrons. The predicted octanol–water partition coefficient (Wildman–Crippen LogP) is 0.0679. The minimum atomic E-state index is -2.96.